The van der Waals surface area contributed by atoms with Gasteiger partial charge in [-0.3, -0.25) is 4.68 Å². The topological polar surface area (TPSA) is 77.4 Å². The Kier molecular flexibility index (Phi) is 4.98. The van der Waals surface area contributed by atoms with Crippen LogP contribution in [0.3, 0.4) is 0 Å². The third kappa shape index (κ3) is 4.38. The second-order valence-corrected chi connectivity index (χ2v) is 5.26. The summed E-state index contributed by atoms with van der Waals surface area (Å²) in [5.74, 6) is 1.46. The molecule has 1 aliphatic rings. The number of aromatic nitrogens is 2. The molecule has 3 rings (SSSR count). The first-order valence-corrected chi connectivity index (χ1v) is 7.69. The van der Waals surface area contributed by atoms with Crippen molar-refractivity contribution in [2.45, 2.75) is 19.1 Å². The first-order valence-electron chi connectivity index (χ1n) is 7.69. The first-order chi connectivity index (χ1) is 11.3. The van der Waals surface area contributed by atoms with E-state index < -0.39 is 0 Å². The predicted octanol–water partition coefficient (Wildman–Crippen LogP) is 1.41. The van der Waals surface area contributed by atoms with E-state index in [1.165, 1.54) is 0 Å². The zero-order chi connectivity index (χ0) is 15.9. The fourth-order valence-electron chi connectivity index (χ4n) is 2.31. The van der Waals surface area contributed by atoms with Gasteiger partial charge in [-0.1, -0.05) is 12.1 Å². The number of carbonyl (C=O) groups excluding carboxylic acids is 1. The van der Waals surface area contributed by atoms with Crippen LogP contribution < -0.4 is 20.1 Å². The second-order valence-electron chi connectivity index (χ2n) is 5.26. The van der Waals surface area contributed by atoms with Crippen LogP contribution in [0.5, 0.6) is 11.5 Å². The molecule has 7 heteroatoms. The molecule has 0 radical (unpaired) electrons. The summed E-state index contributed by atoms with van der Waals surface area (Å²) >= 11 is 0. The number of aryl methyl sites for hydroxylation is 1. The summed E-state index contributed by atoms with van der Waals surface area (Å²) < 4.78 is 13.2. The van der Waals surface area contributed by atoms with Crippen LogP contribution in [0.25, 0.3) is 0 Å². The van der Waals surface area contributed by atoms with Gasteiger partial charge in [-0.2, -0.15) is 5.10 Å². The number of ether oxygens (including phenoxy) is 2. The summed E-state index contributed by atoms with van der Waals surface area (Å²) in [6, 6.07) is 9.20. The van der Waals surface area contributed by atoms with Gasteiger partial charge in [-0.05, 0) is 24.6 Å². The van der Waals surface area contributed by atoms with Gasteiger partial charge < -0.3 is 20.1 Å². The van der Waals surface area contributed by atoms with Gasteiger partial charge in [0.1, 0.15) is 6.61 Å². The summed E-state index contributed by atoms with van der Waals surface area (Å²) in [6.45, 7) is 2.20. The highest BCUT2D eigenvalue weighted by Crippen LogP contribution is 2.30. The van der Waals surface area contributed by atoms with Crippen molar-refractivity contribution in [3.05, 3.63) is 42.7 Å². The molecule has 0 saturated heterocycles. The minimum absolute atomic E-state index is 0.181. The molecule has 0 fully saturated rings. The Morgan fingerprint density at radius 1 is 1.26 bits per heavy atom. The van der Waals surface area contributed by atoms with Crippen molar-refractivity contribution in [2.75, 3.05) is 19.7 Å². The molecule has 2 aromatic rings. The van der Waals surface area contributed by atoms with E-state index >= 15 is 0 Å². The van der Waals surface area contributed by atoms with E-state index in [1.54, 1.807) is 6.20 Å². The number of rotatable bonds is 6. The van der Waals surface area contributed by atoms with Gasteiger partial charge in [-0.15, -0.1) is 0 Å². The Labute approximate surface area is 134 Å². The van der Waals surface area contributed by atoms with Crippen molar-refractivity contribution >= 4 is 6.03 Å². The molecule has 0 unspecified atom stereocenters. The van der Waals surface area contributed by atoms with Crippen LogP contribution in [-0.4, -0.2) is 41.6 Å². The molecule has 2 amide bonds. The maximum absolute atomic E-state index is 11.8. The number of para-hydroxylation sites is 2. The number of nitrogens with one attached hydrogen (secondary N) is 2. The smallest absolute Gasteiger partial charge is 0.314 e. The summed E-state index contributed by atoms with van der Waals surface area (Å²) in [5.41, 5.74) is 0. The Morgan fingerprint density at radius 2 is 2.13 bits per heavy atom. The largest absolute Gasteiger partial charge is 0.486 e. The predicted molar refractivity (Wildman–Crippen MR) is 84.6 cm³/mol. The van der Waals surface area contributed by atoms with Gasteiger partial charge in [0.2, 0.25) is 0 Å². The number of benzene rings is 1. The van der Waals surface area contributed by atoms with Crippen LogP contribution in [0.4, 0.5) is 4.79 Å². The highest BCUT2D eigenvalue weighted by Gasteiger charge is 2.20. The molecular formula is C16H20N4O3. The van der Waals surface area contributed by atoms with Crippen LogP contribution in [0.2, 0.25) is 0 Å². The molecule has 1 aromatic heterocycles. The average Bonchev–Trinajstić information content (AvgIpc) is 3.10. The van der Waals surface area contributed by atoms with E-state index in [-0.39, 0.29) is 12.1 Å². The third-order valence-electron chi connectivity index (χ3n) is 3.47. The molecule has 1 aliphatic heterocycles. The Balaban J connectivity index is 1.32. The van der Waals surface area contributed by atoms with Crippen molar-refractivity contribution in [3.8, 4) is 11.5 Å². The summed E-state index contributed by atoms with van der Waals surface area (Å²) in [4.78, 5) is 11.8. The van der Waals surface area contributed by atoms with Crippen molar-refractivity contribution in [3.63, 3.8) is 0 Å². The van der Waals surface area contributed by atoms with E-state index in [9.17, 15) is 4.79 Å². The van der Waals surface area contributed by atoms with Crippen LogP contribution in [-0.2, 0) is 6.54 Å². The molecule has 0 spiro atoms. The molecule has 1 atom stereocenters. The summed E-state index contributed by atoms with van der Waals surface area (Å²) in [6.07, 6.45) is 4.29. The lowest BCUT2D eigenvalue weighted by Gasteiger charge is -2.26. The highest BCUT2D eigenvalue weighted by atomic mass is 16.6. The van der Waals surface area contributed by atoms with Gasteiger partial charge in [0.25, 0.3) is 0 Å². The third-order valence-corrected chi connectivity index (χ3v) is 3.47. The van der Waals surface area contributed by atoms with Crippen molar-refractivity contribution < 1.29 is 14.3 Å². The van der Waals surface area contributed by atoms with Crippen LogP contribution in [0, 0.1) is 0 Å². The molecule has 1 aromatic carbocycles. The Hall–Kier alpha value is -2.70. The van der Waals surface area contributed by atoms with Crippen molar-refractivity contribution in [2.24, 2.45) is 0 Å². The van der Waals surface area contributed by atoms with E-state index in [0.29, 0.717) is 25.4 Å². The van der Waals surface area contributed by atoms with Gasteiger partial charge in [0, 0.05) is 25.5 Å². The van der Waals surface area contributed by atoms with E-state index in [2.05, 4.69) is 15.7 Å². The standard InChI is InChI=1S/C16H20N4O3/c21-16(17-7-3-9-20-10-4-8-19-20)18-11-13-12-22-14-5-1-2-6-15(14)23-13/h1-2,4-6,8,10,13H,3,7,9,11-12H2,(H2,17,18,21)/t13-/m1/s1. The van der Waals surface area contributed by atoms with Crippen LogP contribution >= 0.6 is 0 Å². The molecule has 0 aliphatic carbocycles. The average molecular weight is 316 g/mol. The molecule has 7 nitrogen and oxygen atoms in total. The normalized spacial score (nSPS) is 15.9. The molecule has 23 heavy (non-hydrogen) atoms. The van der Waals surface area contributed by atoms with Gasteiger partial charge in [-0.25, -0.2) is 4.79 Å². The van der Waals surface area contributed by atoms with Crippen LogP contribution in [0.1, 0.15) is 6.42 Å². The van der Waals surface area contributed by atoms with Crippen LogP contribution in [0.15, 0.2) is 42.7 Å². The zero-order valence-corrected chi connectivity index (χ0v) is 12.8. The minimum atomic E-state index is -0.201. The van der Waals surface area contributed by atoms with Gasteiger partial charge in [0.15, 0.2) is 17.6 Å². The van der Waals surface area contributed by atoms with E-state index in [1.807, 2.05) is 41.2 Å². The van der Waals surface area contributed by atoms with Crippen molar-refractivity contribution in [1.82, 2.24) is 20.4 Å². The monoisotopic (exact) mass is 316 g/mol. The maximum atomic E-state index is 11.8. The minimum Gasteiger partial charge on any atom is -0.486 e. The number of nitrogens with zero attached hydrogens (tertiary/aromatic N) is 2. The Bertz CT molecular complexity index is 630. The summed E-state index contributed by atoms with van der Waals surface area (Å²) in [5, 5.41) is 9.72. The lowest BCUT2D eigenvalue weighted by atomic mass is 10.2. The second kappa shape index (κ2) is 7.53. The number of hydrogen-bond acceptors (Lipinski definition) is 4. The lowest BCUT2D eigenvalue weighted by molar-refractivity contribution is 0.0918. The van der Waals surface area contributed by atoms with Gasteiger partial charge in [0.05, 0.1) is 6.54 Å². The van der Waals surface area contributed by atoms with Gasteiger partial charge >= 0.3 is 6.03 Å². The molecule has 122 valence electrons. The van der Waals surface area contributed by atoms with Crippen molar-refractivity contribution in [1.29, 1.82) is 0 Å². The zero-order valence-electron chi connectivity index (χ0n) is 12.8. The SMILES string of the molecule is O=C(NCCCn1cccn1)NC[C@@H]1COc2ccccc2O1. The quantitative estimate of drug-likeness (QED) is 0.790. The number of urea groups is 1. The van der Waals surface area contributed by atoms with E-state index in [0.717, 1.165) is 18.7 Å². The summed E-state index contributed by atoms with van der Waals surface area (Å²) in [7, 11) is 0. The molecule has 0 bridgehead atoms. The first kappa shape index (κ1) is 15.2. The highest BCUT2D eigenvalue weighted by molar-refractivity contribution is 5.73. The Morgan fingerprint density at radius 3 is 2.96 bits per heavy atom. The number of hydrogen-bond donors (Lipinski definition) is 2. The fraction of sp³-hybridized carbons (Fsp3) is 0.375. The molecular weight excluding hydrogens is 296 g/mol. The molecule has 2 N–H and O–H groups in total. The van der Waals surface area contributed by atoms with E-state index in [4.69, 9.17) is 9.47 Å². The fourth-order valence-corrected chi connectivity index (χ4v) is 2.31. The number of amides is 2. The number of fused-ring (bicyclic) bond motifs is 1. The lowest BCUT2D eigenvalue weighted by Crippen LogP contribution is -2.44. The maximum Gasteiger partial charge on any atom is 0.314 e. The molecule has 2 heterocycles. The molecule has 0 saturated carbocycles. The number of carbonyl (C=O) groups is 1.